The molecule has 0 atom stereocenters. The predicted molar refractivity (Wildman–Crippen MR) is 150 cm³/mol. The lowest BCUT2D eigenvalue weighted by Gasteiger charge is -2.15. The van der Waals surface area contributed by atoms with Crippen molar-refractivity contribution in [2.45, 2.75) is 0 Å². The van der Waals surface area contributed by atoms with Crippen molar-refractivity contribution >= 4 is 45.5 Å². The number of halogens is 2. The molecule has 0 aliphatic carbocycles. The smallest absolute Gasteiger partial charge is 0.255 e. The number of aromatic nitrogens is 2. The number of rotatable bonds is 8. The number of fused-ring (bicyclic) bond motifs is 1. The molecule has 198 valence electrons. The van der Waals surface area contributed by atoms with Gasteiger partial charge >= 0.3 is 0 Å². The third kappa shape index (κ3) is 5.17. The van der Waals surface area contributed by atoms with Gasteiger partial charge in [0.15, 0.2) is 16.7 Å². The van der Waals surface area contributed by atoms with Gasteiger partial charge in [0.25, 0.3) is 5.91 Å². The second kappa shape index (κ2) is 10.9. The summed E-state index contributed by atoms with van der Waals surface area (Å²) < 4.78 is 31.8. The quantitative estimate of drug-likeness (QED) is 0.222. The van der Waals surface area contributed by atoms with Crippen molar-refractivity contribution in [3.8, 4) is 22.9 Å². The van der Waals surface area contributed by atoms with E-state index in [1.54, 1.807) is 59.3 Å². The van der Waals surface area contributed by atoms with Crippen LogP contribution in [-0.2, 0) is 0 Å². The molecule has 0 spiro atoms. The zero-order valence-corrected chi connectivity index (χ0v) is 22.0. The molecule has 0 aliphatic heterocycles. The molecule has 0 unspecified atom stereocenters. The van der Waals surface area contributed by atoms with Crippen LogP contribution in [-0.4, -0.2) is 37.0 Å². The normalized spacial score (nSPS) is 10.8. The molecule has 0 saturated heterocycles. The minimum absolute atomic E-state index is 0.273. The Labute approximate surface area is 228 Å². The van der Waals surface area contributed by atoms with Crippen molar-refractivity contribution < 1.29 is 23.4 Å². The van der Waals surface area contributed by atoms with Gasteiger partial charge in [0.2, 0.25) is 5.75 Å². The number of para-hydroxylation sites is 1. The Bertz CT molecular complexity index is 1660. The summed E-state index contributed by atoms with van der Waals surface area (Å²) in [6.07, 6.45) is 0. The number of carbonyl (C=O) groups is 1. The van der Waals surface area contributed by atoms with E-state index in [1.807, 2.05) is 18.2 Å². The number of amides is 1. The topological polar surface area (TPSA) is 86.6 Å². The molecular formula is C29H24ClFN4O4. The molecule has 8 nitrogen and oxygen atoms in total. The van der Waals surface area contributed by atoms with Crippen LogP contribution in [0.4, 0.5) is 21.5 Å². The zero-order valence-electron chi connectivity index (χ0n) is 21.3. The van der Waals surface area contributed by atoms with E-state index in [1.165, 1.54) is 27.4 Å². The molecule has 1 amide bonds. The van der Waals surface area contributed by atoms with Crippen LogP contribution >= 0.6 is 11.6 Å². The first-order valence-electron chi connectivity index (χ1n) is 11.8. The second-order valence-electron chi connectivity index (χ2n) is 8.46. The second-order valence-corrected chi connectivity index (χ2v) is 8.82. The molecular weight excluding hydrogens is 523 g/mol. The van der Waals surface area contributed by atoms with E-state index in [0.29, 0.717) is 50.9 Å². The molecule has 5 rings (SSSR count). The van der Waals surface area contributed by atoms with Crippen molar-refractivity contribution in [3.05, 3.63) is 95.4 Å². The predicted octanol–water partition coefficient (Wildman–Crippen LogP) is 6.84. The number of hydrogen-bond acceptors (Lipinski definition) is 6. The molecule has 0 fully saturated rings. The van der Waals surface area contributed by atoms with Crippen LogP contribution in [0.15, 0.2) is 78.9 Å². The number of anilines is 3. The van der Waals surface area contributed by atoms with Crippen LogP contribution in [0, 0.1) is 5.82 Å². The number of hydrogen-bond donors (Lipinski definition) is 2. The average molecular weight is 547 g/mol. The Morgan fingerprint density at radius 2 is 1.62 bits per heavy atom. The number of methoxy groups -OCH3 is 3. The summed E-state index contributed by atoms with van der Waals surface area (Å²) in [6.45, 7) is 0. The highest BCUT2D eigenvalue weighted by Gasteiger charge is 2.17. The van der Waals surface area contributed by atoms with Gasteiger partial charge in [-0.05, 0) is 48.5 Å². The summed E-state index contributed by atoms with van der Waals surface area (Å²) in [5.74, 6) is 0.561. The van der Waals surface area contributed by atoms with Crippen LogP contribution in [0.1, 0.15) is 10.4 Å². The number of benzene rings is 4. The van der Waals surface area contributed by atoms with E-state index in [0.717, 1.165) is 5.52 Å². The largest absolute Gasteiger partial charge is 0.493 e. The Morgan fingerprint density at radius 3 is 2.31 bits per heavy atom. The van der Waals surface area contributed by atoms with Crippen molar-refractivity contribution in [1.29, 1.82) is 0 Å². The van der Waals surface area contributed by atoms with Gasteiger partial charge < -0.3 is 24.8 Å². The number of nitrogens with one attached hydrogen (secondary N) is 2. The van der Waals surface area contributed by atoms with Crippen molar-refractivity contribution in [1.82, 2.24) is 9.78 Å². The summed E-state index contributed by atoms with van der Waals surface area (Å²) in [5.41, 5.74) is 3.25. The summed E-state index contributed by atoms with van der Waals surface area (Å²) >= 11 is 6.48. The van der Waals surface area contributed by atoms with Crippen molar-refractivity contribution in [2.75, 3.05) is 32.0 Å². The molecule has 1 heterocycles. The summed E-state index contributed by atoms with van der Waals surface area (Å²) in [4.78, 5) is 13.1. The van der Waals surface area contributed by atoms with Crippen molar-refractivity contribution in [3.63, 3.8) is 0 Å². The number of nitrogens with zero attached hydrogens (tertiary/aromatic N) is 2. The van der Waals surface area contributed by atoms with Gasteiger partial charge in [-0.3, -0.25) is 4.79 Å². The first-order chi connectivity index (χ1) is 18.9. The average Bonchev–Trinajstić information content (AvgIpc) is 3.29. The van der Waals surface area contributed by atoms with Gasteiger partial charge in [-0.2, -0.15) is 5.10 Å². The van der Waals surface area contributed by atoms with E-state index >= 15 is 0 Å². The fourth-order valence-corrected chi connectivity index (χ4v) is 4.44. The highest BCUT2D eigenvalue weighted by atomic mass is 35.5. The molecule has 5 aromatic rings. The fourth-order valence-electron chi connectivity index (χ4n) is 4.21. The van der Waals surface area contributed by atoms with Gasteiger partial charge in [-0.15, -0.1) is 0 Å². The Kier molecular flexibility index (Phi) is 7.25. The lowest BCUT2D eigenvalue weighted by atomic mass is 10.1. The van der Waals surface area contributed by atoms with Gasteiger partial charge in [-0.1, -0.05) is 29.8 Å². The first-order valence-corrected chi connectivity index (χ1v) is 12.2. The minimum atomic E-state index is -0.360. The van der Waals surface area contributed by atoms with Crippen LogP contribution in [0.3, 0.4) is 0 Å². The molecule has 10 heteroatoms. The lowest BCUT2D eigenvalue weighted by Crippen LogP contribution is -2.13. The molecule has 1 aromatic heterocycles. The van der Waals surface area contributed by atoms with E-state index in [2.05, 4.69) is 15.7 Å². The number of carbonyl (C=O) groups excluding carboxylic acids is 1. The standard InChI is InChI=1S/C29H24ClFN4O4/c1-37-25-15-19(16-26(38-2)27(25)39-3)33-29(36)17-7-6-8-20(13-17)35-24-12-11-18(14-21(24)28(30)34-35)32-23-10-5-4-9-22(23)31/h4-16,32H,1-3H3,(H,33,36). The maximum Gasteiger partial charge on any atom is 0.255 e. The van der Waals surface area contributed by atoms with Crippen LogP contribution in [0.5, 0.6) is 17.2 Å². The molecule has 0 bridgehead atoms. The number of ether oxygens (including phenoxy) is 3. The van der Waals surface area contributed by atoms with E-state index in [9.17, 15) is 9.18 Å². The summed E-state index contributed by atoms with van der Waals surface area (Å²) in [7, 11) is 4.52. The molecule has 0 aliphatic rings. The monoisotopic (exact) mass is 546 g/mol. The van der Waals surface area contributed by atoms with Crippen molar-refractivity contribution in [2.24, 2.45) is 0 Å². The van der Waals surface area contributed by atoms with E-state index in [4.69, 9.17) is 25.8 Å². The Hall–Kier alpha value is -4.76. The molecule has 0 radical (unpaired) electrons. The maximum absolute atomic E-state index is 14.1. The van der Waals surface area contributed by atoms with E-state index < -0.39 is 0 Å². The Balaban J connectivity index is 1.43. The molecule has 0 saturated carbocycles. The fraction of sp³-hybridized carbons (Fsp3) is 0.103. The Morgan fingerprint density at radius 1 is 0.872 bits per heavy atom. The minimum Gasteiger partial charge on any atom is -0.493 e. The summed E-state index contributed by atoms with van der Waals surface area (Å²) in [5, 5.41) is 11.3. The van der Waals surface area contributed by atoms with Gasteiger partial charge in [0.05, 0.1) is 38.2 Å². The zero-order chi connectivity index (χ0) is 27.5. The molecule has 39 heavy (non-hydrogen) atoms. The van der Waals surface area contributed by atoms with Crippen LogP contribution in [0.2, 0.25) is 5.15 Å². The third-order valence-corrected chi connectivity index (χ3v) is 6.34. The lowest BCUT2D eigenvalue weighted by molar-refractivity contribution is 0.102. The highest BCUT2D eigenvalue weighted by Crippen LogP contribution is 2.40. The van der Waals surface area contributed by atoms with Gasteiger partial charge in [0, 0.05) is 34.5 Å². The van der Waals surface area contributed by atoms with Gasteiger partial charge in [-0.25, -0.2) is 9.07 Å². The van der Waals surface area contributed by atoms with Gasteiger partial charge in [0.1, 0.15) is 5.82 Å². The maximum atomic E-state index is 14.1. The molecule has 2 N–H and O–H groups in total. The SMILES string of the molecule is COc1cc(NC(=O)c2cccc(-n3nc(Cl)c4cc(Nc5ccccc5F)ccc43)c2)cc(OC)c1OC. The van der Waals surface area contributed by atoms with Crippen LogP contribution in [0.25, 0.3) is 16.6 Å². The van der Waals surface area contributed by atoms with E-state index in [-0.39, 0.29) is 16.9 Å². The highest BCUT2D eigenvalue weighted by molar-refractivity contribution is 6.34. The first kappa shape index (κ1) is 25.9. The summed E-state index contributed by atoms with van der Waals surface area (Å²) in [6, 6.07) is 22.1. The third-order valence-electron chi connectivity index (χ3n) is 6.06. The van der Waals surface area contributed by atoms with Crippen LogP contribution < -0.4 is 24.8 Å². The molecule has 4 aromatic carbocycles.